The minimum Gasteiger partial charge on any atom is -0.468 e. The standard InChI is InChI=1S/C16H28O4Si/c1-8-21(6,7)12(3)13-10-16(9-11(13)2,14(17)19-4)15(18)20-5/h11H,8-10H2,1-7H3/b13-12-. The zero-order valence-electron chi connectivity index (χ0n) is 14.3. The molecule has 1 unspecified atom stereocenters. The van der Waals surface area contributed by atoms with Crippen molar-refractivity contribution in [2.75, 3.05) is 14.2 Å². The Kier molecular flexibility index (Phi) is 5.42. The number of carbonyl (C=O) groups is 2. The van der Waals surface area contributed by atoms with Gasteiger partial charge < -0.3 is 9.47 Å². The van der Waals surface area contributed by atoms with Gasteiger partial charge in [-0.3, -0.25) is 9.59 Å². The average molecular weight is 312 g/mol. The zero-order valence-corrected chi connectivity index (χ0v) is 15.3. The first-order valence-electron chi connectivity index (χ1n) is 7.53. The fourth-order valence-electron chi connectivity index (χ4n) is 3.20. The number of carbonyl (C=O) groups excluding carboxylic acids is 2. The predicted octanol–water partition coefficient (Wildman–Crippen LogP) is 3.33. The summed E-state index contributed by atoms with van der Waals surface area (Å²) in [5.74, 6) is -0.735. The summed E-state index contributed by atoms with van der Waals surface area (Å²) in [6.07, 6.45) is 0.920. The Balaban J connectivity index is 3.31. The lowest BCUT2D eigenvalue weighted by Crippen LogP contribution is -2.39. The van der Waals surface area contributed by atoms with Crippen molar-refractivity contribution in [3.05, 3.63) is 10.8 Å². The minimum absolute atomic E-state index is 0.210. The largest absolute Gasteiger partial charge is 0.468 e. The van der Waals surface area contributed by atoms with E-state index in [0.29, 0.717) is 12.8 Å². The molecule has 1 aliphatic rings. The molecule has 0 bridgehead atoms. The molecule has 1 saturated carbocycles. The van der Waals surface area contributed by atoms with Crippen LogP contribution in [0.25, 0.3) is 0 Å². The van der Waals surface area contributed by atoms with Crippen LogP contribution in [0, 0.1) is 11.3 Å². The van der Waals surface area contributed by atoms with Crippen LogP contribution >= 0.6 is 0 Å². The Morgan fingerprint density at radius 1 is 1.24 bits per heavy atom. The van der Waals surface area contributed by atoms with Gasteiger partial charge in [-0.15, -0.1) is 0 Å². The van der Waals surface area contributed by atoms with E-state index in [2.05, 4.69) is 33.9 Å². The van der Waals surface area contributed by atoms with E-state index < -0.39 is 25.4 Å². The van der Waals surface area contributed by atoms with Crippen LogP contribution in [-0.2, 0) is 19.1 Å². The maximum Gasteiger partial charge on any atom is 0.323 e. The number of methoxy groups -OCH3 is 2. The van der Waals surface area contributed by atoms with E-state index in [4.69, 9.17) is 9.47 Å². The third-order valence-electron chi connectivity index (χ3n) is 5.27. The van der Waals surface area contributed by atoms with E-state index in [-0.39, 0.29) is 5.92 Å². The van der Waals surface area contributed by atoms with Crippen LogP contribution in [0.4, 0.5) is 0 Å². The molecule has 4 nitrogen and oxygen atoms in total. The van der Waals surface area contributed by atoms with Gasteiger partial charge in [0.1, 0.15) is 0 Å². The van der Waals surface area contributed by atoms with Crippen molar-refractivity contribution < 1.29 is 19.1 Å². The summed E-state index contributed by atoms with van der Waals surface area (Å²) in [5, 5.41) is 1.41. The summed E-state index contributed by atoms with van der Waals surface area (Å²) in [7, 11) is 1.20. The molecule has 0 spiro atoms. The summed E-state index contributed by atoms with van der Waals surface area (Å²) in [6.45, 7) is 11.1. The van der Waals surface area contributed by atoms with Crippen LogP contribution in [0.2, 0.25) is 19.1 Å². The topological polar surface area (TPSA) is 52.6 Å². The molecular weight excluding hydrogens is 284 g/mol. The second-order valence-electron chi connectivity index (χ2n) is 6.73. The van der Waals surface area contributed by atoms with E-state index in [0.717, 1.165) is 6.04 Å². The summed E-state index contributed by atoms with van der Waals surface area (Å²) >= 11 is 0. The second kappa shape index (κ2) is 6.34. The Hall–Kier alpha value is -1.10. The molecule has 0 aromatic rings. The zero-order chi connectivity index (χ0) is 16.4. The molecule has 0 saturated heterocycles. The monoisotopic (exact) mass is 312 g/mol. The molecule has 120 valence electrons. The molecule has 0 aliphatic heterocycles. The first-order chi connectivity index (χ1) is 9.66. The molecule has 0 amide bonds. The number of hydrogen-bond donors (Lipinski definition) is 0. The number of esters is 2. The van der Waals surface area contributed by atoms with Crippen molar-refractivity contribution in [1.82, 2.24) is 0 Å². The summed E-state index contributed by atoms with van der Waals surface area (Å²) in [5.41, 5.74) is 0.0990. The third kappa shape index (κ3) is 3.07. The van der Waals surface area contributed by atoms with Crippen LogP contribution in [-0.4, -0.2) is 34.2 Å². The summed E-state index contributed by atoms with van der Waals surface area (Å²) < 4.78 is 9.80. The van der Waals surface area contributed by atoms with Gasteiger partial charge in [0.05, 0.1) is 22.3 Å². The lowest BCUT2D eigenvalue weighted by Gasteiger charge is -2.26. The van der Waals surface area contributed by atoms with E-state index in [1.807, 2.05) is 0 Å². The second-order valence-corrected chi connectivity index (χ2v) is 12.0. The van der Waals surface area contributed by atoms with Gasteiger partial charge in [0.25, 0.3) is 0 Å². The van der Waals surface area contributed by atoms with Gasteiger partial charge in [-0.05, 0) is 25.7 Å². The molecule has 0 heterocycles. The molecule has 0 aromatic heterocycles. The van der Waals surface area contributed by atoms with E-state index >= 15 is 0 Å². The van der Waals surface area contributed by atoms with E-state index in [1.54, 1.807) is 0 Å². The Morgan fingerprint density at radius 2 is 1.71 bits per heavy atom. The maximum absolute atomic E-state index is 12.2. The molecule has 1 fully saturated rings. The van der Waals surface area contributed by atoms with Gasteiger partial charge in [-0.1, -0.05) is 43.8 Å². The summed E-state index contributed by atoms with van der Waals surface area (Å²) in [6, 6.07) is 1.15. The Labute approximate surface area is 128 Å². The quantitative estimate of drug-likeness (QED) is 0.454. The highest BCUT2D eigenvalue weighted by atomic mass is 28.3. The molecule has 1 atom stereocenters. The molecule has 21 heavy (non-hydrogen) atoms. The van der Waals surface area contributed by atoms with Crippen LogP contribution in [0.3, 0.4) is 0 Å². The van der Waals surface area contributed by atoms with Gasteiger partial charge in [0.2, 0.25) is 0 Å². The number of hydrogen-bond acceptors (Lipinski definition) is 4. The molecule has 0 aromatic carbocycles. The van der Waals surface area contributed by atoms with E-state index in [1.165, 1.54) is 25.0 Å². The highest BCUT2D eigenvalue weighted by molar-refractivity contribution is 6.84. The average Bonchev–Trinajstić information content (AvgIpc) is 2.83. The molecule has 0 radical (unpaired) electrons. The van der Waals surface area contributed by atoms with Crippen LogP contribution in [0.1, 0.15) is 33.6 Å². The van der Waals surface area contributed by atoms with Crippen molar-refractivity contribution in [2.24, 2.45) is 11.3 Å². The first-order valence-corrected chi connectivity index (χ1v) is 10.7. The number of rotatable bonds is 4. The normalized spacial score (nSPS) is 23.7. The fraction of sp³-hybridized carbons (Fsp3) is 0.750. The number of allylic oxidation sites excluding steroid dienone is 2. The summed E-state index contributed by atoms with van der Waals surface area (Å²) in [4.78, 5) is 24.5. The molecular formula is C16H28O4Si. The van der Waals surface area contributed by atoms with Gasteiger partial charge in [-0.25, -0.2) is 0 Å². The highest BCUT2D eigenvalue weighted by Crippen LogP contribution is 2.49. The van der Waals surface area contributed by atoms with Gasteiger partial charge in [0.15, 0.2) is 5.41 Å². The van der Waals surface area contributed by atoms with Crippen molar-refractivity contribution in [3.63, 3.8) is 0 Å². The van der Waals surface area contributed by atoms with Gasteiger partial charge in [0, 0.05) is 0 Å². The van der Waals surface area contributed by atoms with E-state index in [9.17, 15) is 9.59 Å². The lowest BCUT2D eigenvalue weighted by atomic mass is 9.85. The van der Waals surface area contributed by atoms with Crippen molar-refractivity contribution in [3.8, 4) is 0 Å². The smallest absolute Gasteiger partial charge is 0.323 e. The minimum atomic E-state index is -1.46. The van der Waals surface area contributed by atoms with Gasteiger partial charge in [-0.2, -0.15) is 0 Å². The predicted molar refractivity (Wildman–Crippen MR) is 85.5 cm³/mol. The Bertz CT molecular complexity index is 449. The molecule has 0 N–H and O–H groups in total. The highest BCUT2D eigenvalue weighted by Gasteiger charge is 2.55. The lowest BCUT2D eigenvalue weighted by molar-refractivity contribution is -0.168. The first kappa shape index (κ1) is 17.9. The van der Waals surface area contributed by atoms with Gasteiger partial charge >= 0.3 is 11.9 Å². The van der Waals surface area contributed by atoms with Crippen LogP contribution in [0.5, 0.6) is 0 Å². The number of ether oxygens (including phenoxy) is 2. The molecule has 1 rings (SSSR count). The maximum atomic E-state index is 12.2. The fourth-order valence-corrected chi connectivity index (χ4v) is 4.94. The van der Waals surface area contributed by atoms with Crippen LogP contribution < -0.4 is 0 Å². The third-order valence-corrected chi connectivity index (χ3v) is 9.39. The SMILES string of the molecule is CC[Si](C)(C)/C(C)=C1/CC(C(=O)OC)(C(=O)OC)CC1C. The van der Waals surface area contributed by atoms with Crippen molar-refractivity contribution in [2.45, 2.75) is 52.8 Å². The van der Waals surface area contributed by atoms with Crippen molar-refractivity contribution in [1.29, 1.82) is 0 Å². The van der Waals surface area contributed by atoms with Crippen molar-refractivity contribution >= 4 is 20.0 Å². The molecule has 5 heteroatoms. The molecule has 1 aliphatic carbocycles. The van der Waals surface area contributed by atoms with Crippen LogP contribution in [0.15, 0.2) is 10.8 Å². The Morgan fingerprint density at radius 3 is 2.10 bits per heavy atom.